The maximum atomic E-state index is 11.6. The number of carbonyl (C=O) groups is 1. The molecule has 1 aliphatic heterocycles. The Morgan fingerprint density at radius 3 is 2.62 bits per heavy atom. The second-order valence-corrected chi connectivity index (χ2v) is 7.72. The molecule has 1 saturated heterocycles. The number of piperazine rings is 1. The molecule has 1 saturated carbocycles. The Kier molecular flexibility index (Phi) is 5.91. The van der Waals surface area contributed by atoms with Crippen LogP contribution >= 0.6 is 0 Å². The Hall–Kier alpha value is -2.72. The summed E-state index contributed by atoms with van der Waals surface area (Å²) in [6.07, 6.45) is 9.06. The Bertz CT molecular complexity index is 840. The normalized spacial score (nSPS) is 22.9. The molecule has 156 valence electrons. The lowest BCUT2D eigenvalue weighted by Gasteiger charge is -2.39. The first-order chi connectivity index (χ1) is 14.1. The van der Waals surface area contributed by atoms with Crippen LogP contribution in [0.1, 0.15) is 36.0 Å². The van der Waals surface area contributed by atoms with E-state index in [1.807, 2.05) is 7.05 Å². The van der Waals surface area contributed by atoms with E-state index in [1.54, 1.807) is 17.1 Å². The van der Waals surface area contributed by atoms with Crippen LogP contribution in [-0.2, 0) is 7.05 Å². The molecule has 0 amide bonds. The van der Waals surface area contributed by atoms with Gasteiger partial charge in [0.1, 0.15) is 11.4 Å². The molecule has 2 aromatic heterocycles. The van der Waals surface area contributed by atoms with E-state index in [0.717, 1.165) is 57.5 Å². The lowest BCUT2D eigenvalue weighted by Crippen LogP contribution is -2.50. The predicted octanol–water partition coefficient (Wildman–Crippen LogP) is 1.28. The minimum atomic E-state index is -1.03. The summed E-state index contributed by atoms with van der Waals surface area (Å²) in [5.74, 6) is -0.320. The monoisotopic (exact) mass is 400 g/mol. The van der Waals surface area contributed by atoms with Gasteiger partial charge in [0.2, 0.25) is 5.95 Å². The third-order valence-corrected chi connectivity index (χ3v) is 5.69. The van der Waals surface area contributed by atoms with E-state index in [0.29, 0.717) is 17.8 Å². The fourth-order valence-electron chi connectivity index (χ4n) is 4.15. The number of hydrogen-bond donors (Lipinski definition) is 4. The van der Waals surface area contributed by atoms with Crippen molar-refractivity contribution in [3.05, 3.63) is 24.2 Å². The Balaban J connectivity index is 1.41. The standard InChI is InChI=1S/C19H28N8O2/c1-26-12-14(10-22-26)24-19-21-11-16(18(28)29)17(25-19)23-13-2-4-15(5-3-13)27-8-6-20-7-9-27/h10-13,15,20H,2-9H2,1H3,(H,28,29)(H2,21,23,24,25). The first-order valence-electron chi connectivity index (χ1n) is 10.2. The quantitative estimate of drug-likeness (QED) is 0.568. The van der Waals surface area contributed by atoms with Gasteiger partial charge in [0, 0.05) is 57.7 Å². The van der Waals surface area contributed by atoms with Gasteiger partial charge >= 0.3 is 5.97 Å². The van der Waals surface area contributed by atoms with Crippen molar-refractivity contribution in [1.82, 2.24) is 30.0 Å². The second kappa shape index (κ2) is 8.75. The van der Waals surface area contributed by atoms with Crippen LogP contribution in [0, 0.1) is 0 Å². The summed E-state index contributed by atoms with van der Waals surface area (Å²) in [5, 5.41) is 23.5. The average Bonchev–Trinajstić information content (AvgIpc) is 3.14. The van der Waals surface area contributed by atoms with Crippen molar-refractivity contribution in [3.63, 3.8) is 0 Å². The highest BCUT2D eigenvalue weighted by Gasteiger charge is 2.27. The van der Waals surface area contributed by atoms with Crippen molar-refractivity contribution in [1.29, 1.82) is 0 Å². The van der Waals surface area contributed by atoms with E-state index in [9.17, 15) is 9.90 Å². The molecular weight excluding hydrogens is 372 g/mol. The average molecular weight is 400 g/mol. The van der Waals surface area contributed by atoms with Crippen LogP contribution in [0.4, 0.5) is 17.5 Å². The minimum absolute atomic E-state index is 0.0889. The third kappa shape index (κ3) is 4.83. The Morgan fingerprint density at radius 2 is 1.97 bits per heavy atom. The van der Waals surface area contributed by atoms with Gasteiger partial charge < -0.3 is 21.1 Å². The van der Waals surface area contributed by atoms with Crippen molar-refractivity contribution >= 4 is 23.4 Å². The molecule has 0 aromatic carbocycles. The highest BCUT2D eigenvalue weighted by atomic mass is 16.4. The number of anilines is 3. The molecule has 2 aromatic rings. The van der Waals surface area contributed by atoms with Crippen molar-refractivity contribution in [3.8, 4) is 0 Å². The fourth-order valence-corrected chi connectivity index (χ4v) is 4.15. The first-order valence-corrected chi connectivity index (χ1v) is 10.2. The maximum absolute atomic E-state index is 11.6. The molecule has 0 atom stereocenters. The zero-order chi connectivity index (χ0) is 20.2. The summed E-state index contributed by atoms with van der Waals surface area (Å²) >= 11 is 0. The van der Waals surface area contributed by atoms with Gasteiger partial charge in [-0.2, -0.15) is 10.1 Å². The third-order valence-electron chi connectivity index (χ3n) is 5.69. The lowest BCUT2D eigenvalue weighted by atomic mass is 9.89. The van der Waals surface area contributed by atoms with E-state index in [2.05, 4.69) is 35.9 Å². The first kappa shape index (κ1) is 19.6. The van der Waals surface area contributed by atoms with Gasteiger partial charge in [-0.1, -0.05) is 0 Å². The molecule has 0 spiro atoms. The van der Waals surface area contributed by atoms with Gasteiger partial charge in [-0.25, -0.2) is 9.78 Å². The van der Waals surface area contributed by atoms with Crippen LogP contribution in [0.25, 0.3) is 0 Å². The Labute approximate surface area is 169 Å². The number of carboxylic acids is 1. The number of nitrogens with zero attached hydrogens (tertiary/aromatic N) is 5. The summed E-state index contributed by atoms with van der Waals surface area (Å²) in [6.45, 7) is 4.35. The number of aromatic carboxylic acids is 1. The molecule has 10 heteroatoms. The zero-order valence-electron chi connectivity index (χ0n) is 16.6. The second-order valence-electron chi connectivity index (χ2n) is 7.72. The summed E-state index contributed by atoms with van der Waals surface area (Å²) in [7, 11) is 1.82. The smallest absolute Gasteiger partial charge is 0.341 e. The predicted molar refractivity (Wildman–Crippen MR) is 110 cm³/mol. The maximum Gasteiger partial charge on any atom is 0.341 e. The van der Waals surface area contributed by atoms with Crippen LogP contribution in [0.5, 0.6) is 0 Å². The lowest BCUT2D eigenvalue weighted by molar-refractivity contribution is 0.0697. The van der Waals surface area contributed by atoms with Crippen molar-refractivity contribution < 1.29 is 9.90 Å². The molecule has 3 heterocycles. The van der Waals surface area contributed by atoms with Gasteiger partial charge in [-0.15, -0.1) is 0 Å². The molecule has 29 heavy (non-hydrogen) atoms. The van der Waals surface area contributed by atoms with E-state index in [1.165, 1.54) is 6.20 Å². The summed E-state index contributed by atoms with van der Waals surface area (Å²) in [5.41, 5.74) is 0.837. The van der Waals surface area contributed by atoms with Gasteiger partial charge in [-0.05, 0) is 25.7 Å². The van der Waals surface area contributed by atoms with E-state index in [4.69, 9.17) is 0 Å². The van der Waals surface area contributed by atoms with Gasteiger partial charge in [0.25, 0.3) is 0 Å². The van der Waals surface area contributed by atoms with Crippen LogP contribution in [-0.4, -0.2) is 74.0 Å². The van der Waals surface area contributed by atoms with E-state index in [-0.39, 0.29) is 11.6 Å². The molecule has 4 N–H and O–H groups in total. The minimum Gasteiger partial charge on any atom is -0.477 e. The molecule has 1 aliphatic carbocycles. The molecule has 4 rings (SSSR count). The van der Waals surface area contributed by atoms with Crippen molar-refractivity contribution in [2.45, 2.75) is 37.8 Å². The van der Waals surface area contributed by atoms with Gasteiger partial charge in [0.15, 0.2) is 0 Å². The molecular formula is C19H28N8O2. The summed E-state index contributed by atoms with van der Waals surface area (Å²) in [6, 6.07) is 0.843. The van der Waals surface area contributed by atoms with Crippen LogP contribution < -0.4 is 16.0 Å². The van der Waals surface area contributed by atoms with Gasteiger partial charge in [0.05, 0.1) is 11.9 Å². The molecule has 0 bridgehead atoms. The number of aromatic nitrogens is 4. The number of rotatable bonds is 6. The number of nitrogens with one attached hydrogen (secondary N) is 3. The molecule has 2 aliphatic rings. The van der Waals surface area contributed by atoms with E-state index < -0.39 is 5.97 Å². The molecule has 0 radical (unpaired) electrons. The highest BCUT2D eigenvalue weighted by molar-refractivity contribution is 5.93. The molecule has 10 nitrogen and oxygen atoms in total. The number of hydrogen-bond acceptors (Lipinski definition) is 8. The van der Waals surface area contributed by atoms with Crippen LogP contribution in [0.3, 0.4) is 0 Å². The Morgan fingerprint density at radius 1 is 1.21 bits per heavy atom. The van der Waals surface area contributed by atoms with E-state index >= 15 is 0 Å². The summed E-state index contributed by atoms with van der Waals surface area (Å²) < 4.78 is 1.67. The number of aryl methyl sites for hydroxylation is 1. The van der Waals surface area contributed by atoms with Crippen molar-refractivity contribution in [2.24, 2.45) is 7.05 Å². The largest absolute Gasteiger partial charge is 0.477 e. The number of carboxylic acid groups (broad SMARTS) is 1. The SMILES string of the molecule is Cn1cc(Nc2ncc(C(=O)O)c(NC3CCC(N4CCNCC4)CC3)n2)cn1. The summed E-state index contributed by atoms with van der Waals surface area (Å²) in [4.78, 5) is 22.8. The topological polar surface area (TPSA) is 120 Å². The fraction of sp³-hybridized carbons (Fsp3) is 0.579. The molecule has 2 fully saturated rings. The zero-order valence-corrected chi connectivity index (χ0v) is 16.6. The van der Waals surface area contributed by atoms with Crippen LogP contribution in [0.2, 0.25) is 0 Å². The van der Waals surface area contributed by atoms with Gasteiger partial charge in [-0.3, -0.25) is 9.58 Å². The van der Waals surface area contributed by atoms with Crippen molar-refractivity contribution in [2.75, 3.05) is 36.8 Å². The molecule has 0 unspecified atom stereocenters. The highest BCUT2D eigenvalue weighted by Crippen LogP contribution is 2.27. The van der Waals surface area contributed by atoms with Crippen LogP contribution in [0.15, 0.2) is 18.6 Å².